The number of hydrogen-bond acceptors (Lipinski definition) is 4. The molecule has 2 aromatic rings. The monoisotopic (exact) mass is 640 g/mol. The van der Waals surface area contributed by atoms with Crippen molar-refractivity contribution in [1.29, 1.82) is 0 Å². The van der Waals surface area contributed by atoms with Crippen molar-refractivity contribution in [2.75, 3.05) is 0 Å². The summed E-state index contributed by atoms with van der Waals surface area (Å²) in [4.78, 5) is 17.8. The first-order valence-electron chi connectivity index (χ1n) is 9.37. The average Bonchev–Trinajstić information content (AvgIpc) is 2.53. The van der Waals surface area contributed by atoms with Gasteiger partial charge >= 0.3 is 0 Å². The van der Waals surface area contributed by atoms with Crippen molar-refractivity contribution in [2.45, 2.75) is 66.2 Å². The van der Waals surface area contributed by atoms with Crippen LogP contribution in [0.25, 0.3) is 0 Å². The van der Waals surface area contributed by atoms with Crippen molar-refractivity contribution in [2.24, 2.45) is 0 Å². The maximum absolute atomic E-state index is 8.89. The zero-order chi connectivity index (χ0) is 24.1. The van der Waals surface area contributed by atoms with E-state index in [4.69, 9.17) is 19.8 Å². The fourth-order valence-corrected chi connectivity index (χ4v) is 2.69. The van der Waals surface area contributed by atoms with Crippen LogP contribution in [0.15, 0.2) is 48.5 Å². The molecule has 0 aliphatic carbocycles. The third kappa shape index (κ3) is 18.8. The molecule has 168 valence electrons. The first kappa shape index (κ1) is 31.0. The highest BCUT2D eigenvalue weighted by atomic mass is 127. The van der Waals surface area contributed by atoms with E-state index in [0.29, 0.717) is 0 Å². The van der Waals surface area contributed by atoms with Crippen LogP contribution in [-0.2, 0) is 20.4 Å². The van der Waals surface area contributed by atoms with Gasteiger partial charge in [0.15, 0.2) is 7.14 Å². The number of benzene rings is 2. The second-order valence-corrected chi connectivity index (χ2v) is 11.2. The summed E-state index contributed by atoms with van der Waals surface area (Å²) in [5.41, 5.74) is 3.39. The van der Waals surface area contributed by atoms with Crippen LogP contribution in [0.1, 0.15) is 66.5 Å². The van der Waals surface area contributed by atoms with Gasteiger partial charge in [-0.25, -0.2) is 0 Å². The highest BCUT2D eigenvalue weighted by Gasteiger charge is 2.13. The van der Waals surface area contributed by atoms with Crippen LogP contribution in [-0.4, -0.2) is 11.9 Å². The Hall–Kier alpha value is -1.16. The van der Waals surface area contributed by atoms with E-state index in [-0.39, 0.29) is 10.8 Å². The summed E-state index contributed by atoms with van der Waals surface area (Å²) in [6.45, 7) is 15.4. The maximum Gasteiger partial charge on any atom is 0.296 e. The maximum atomic E-state index is 8.89. The van der Waals surface area contributed by atoms with Crippen molar-refractivity contribution >= 4 is 11.9 Å². The van der Waals surface area contributed by atoms with Crippen molar-refractivity contribution in [3.8, 4) is 0 Å². The van der Waals surface area contributed by atoms with E-state index in [1.54, 1.807) is 0 Å². The van der Waals surface area contributed by atoms with Crippen molar-refractivity contribution in [3.63, 3.8) is 0 Å². The SMILES string of the molecule is CC(=O)[O-].CC(=O)[O-].CC(C)(C)c1ccc([IH+])cc1.CC(C)(C)c1ccc([IH+])cc1. The van der Waals surface area contributed by atoms with Gasteiger partial charge in [0, 0.05) is 11.9 Å². The smallest absolute Gasteiger partial charge is 0.296 e. The van der Waals surface area contributed by atoms with E-state index in [9.17, 15) is 0 Å². The Kier molecular flexibility index (Phi) is 15.3. The fourth-order valence-electron chi connectivity index (χ4n) is 1.91. The molecule has 0 unspecified atom stereocenters. The molecule has 0 amide bonds. The molecule has 0 aromatic heterocycles. The van der Waals surface area contributed by atoms with Gasteiger partial charge in [0.2, 0.25) is 0 Å². The second kappa shape index (κ2) is 14.8. The topological polar surface area (TPSA) is 80.3 Å². The summed E-state index contributed by atoms with van der Waals surface area (Å²) in [5.74, 6) is -2.17. The number of carbonyl (C=O) groups excluding carboxylic acids is 2. The highest BCUT2D eigenvalue weighted by Crippen LogP contribution is 2.21. The van der Waals surface area contributed by atoms with Crippen LogP contribution in [0, 0.1) is 7.14 Å². The minimum atomic E-state index is -1.08. The minimum absolute atomic E-state index is 0.287. The Morgan fingerprint density at radius 1 is 0.600 bits per heavy atom. The predicted molar refractivity (Wildman–Crippen MR) is 112 cm³/mol. The minimum Gasteiger partial charge on any atom is -0.550 e. The van der Waals surface area contributed by atoms with Gasteiger partial charge in [-0.15, -0.1) is 0 Å². The molecule has 0 radical (unpaired) electrons. The normalized spacial score (nSPS) is 10.2. The van der Waals surface area contributed by atoms with Gasteiger partial charge < -0.3 is 19.8 Å². The van der Waals surface area contributed by atoms with Crippen molar-refractivity contribution in [3.05, 3.63) is 66.8 Å². The third-order valence-electron chi connectivity index (χ3n) is 3.44. The zero-order valence-electron chi connectivity index (χ0n) is 19.1. The van der Waals surface area contributed by atoms with Crippen LogP contribution < -0.4 is 55.4 Å². The van der Waals surface area contributed by atoms with E-state index < -0.39 is 11.9 Å². The summed E-state index contributed by atoms with van der Waals surface area (Å²) in [6, 6.07) is 17.5. The lowest BCUT2D eigenvalue weighted by atomic mass is 9.87. The second-order valence-electron chi connectivity index (χ2n) is 8.53. The Labute approximate surface area is 208 Å². The number of carboxylic acid groups (broad SMARTS) is 2. The van der Waals surface area contributed by atoms with E-state index in [0.717, 1.165) is 13.8 Å². The van der Waals surface area contributed by atoms with E-state index in [2.05, 4.69) is 90.1 Å². The molecule has 0 aliphatic rings. The predicted octanol–water partition coefficient (Wildman–Crippen LogP) is -3.61. The zero-order valence-corrected chi connectivity index (χ0v) is 23.7. The molecule has 0 aliphatic heterocycles. The molecular weight excluding hydrogens is 606 g/mol. The lowest BCUT2D eigenvalue weighted by Gasteiger charge is -2.17. The number of carbonyl (C=O) groups is 2. The van der Waals surface area contributed by atoms with E-state index in [1.807, 2.05) is 45.2 Å². The highest BCUT2D eigenvalue weighted by molar-refractivity contribution is 5.60. The van der Waals surface area contributed by atoms with Crippen LogP contribution in [0.4, 0.5) is 0 Å². The Balaban J connectivity index is 0. The third-order valence-corrected chi connectivity index (χ3v) is 4.99. The fraction of sp³-hybridized carbons (Fsp3) is 0.417. The molecule has 2 aromatic carbocycles. The first-order valence-corrected chi connectivity index (χ1v) is 11.7. The van der Waals surface area contributed by atoms with Gasteiger partial charge in [0.1, 0.15) is 0 Å². The lowest BCUT2D eigenvalue weighted by Crippen LogP contribution is -3.34. The molecule has 0 atom stereocenters. The van der Waals surface area contributed by atoms with E-state index >= 15 is 0 Å². The number of rotatable bonds is 0. The van der Waals surface area contributed by atoms with Gasteiger partial charge in [0.25, 0.3) is 45.2 Å². The average molecular weight is 640 g/mol. The molecule has 0 N–H and O–H groups in total. The lowest BCUT2D eigenvalue weighted by molar-refractivity contribution is -0.328. The van der Waals surface area contributed by atoms with Gasteiger partial charge in [0.05, 0.1) is 0 Å². The number of hydrogen-bond donors (Lipinski definition) is 0. The molecule has 0 fully saturated rings. The summed E-state index contributed by atoms with van der Waals surface area (Å²) in [5, 5.41) is 17.8. The van der Waals surface area contributed by atoms with Crippen LogP contribution in [0.3, 0.4) is 0 Å². The molecular formula is C24H34I2O4. The molecule has 2 rings (SSSR count). The van der Waals surface area contributed by atoms with Crippen LogP contribution >= 0.6 is 0 Å². The Morgan fingerprint density at radius 3 is 0.900 bits per heavy atom. The molecule has 30 heavy (non-hydrogen) atoms. The molecule has 0 heterocycles. The summed E-state index contributed by atoms with van der Waals surface area (Å²) in [7, 11) is 0. The van der Waals surface area contributed by atoms with Gasteiger partial charge in [-0.2, -0.15) is 0 Å². The largest absolute Gasteiger partial charge is 0.550 e. The molecule has 0 spiro atoms. The molecule has 4 nitrogen and oxygen atoms in total. The molecule has 0 saturated heterocycles. The standard InChI is InChI=1S/2C10H14I.2C2H4O2/c2*1-10(2,3)8-4-6-9(11)7-5-8;2*1-2(3)4/h2*4-7,11H,1-3H3;2*1H3,(H,3,4)/q2*+1;;/p-2. The molecule has 0 saturated carbocycles. The number of halogens is 2. The number of aliphatic carboxylic acids is 2. The quantitative estimate of drug-likeness (QED) is 0.279. The van der Waals surface area contributed by atoms with Gasteiger partial charge in [-0.05, 0) is 60.1 Å². The van der Waals surface area contributed by atoms with E-state index in [1.165, 1.54) is 18.3 Å². The Bertz CT molecular complexity index is 678. The van der Waals surface area contributed by atoms with Gasteiger partial charge in [-0.3, -0.25) is 0 Å². The van der Waals surface area contributed by atoms with Gasteiger partial charge in [-0.1, -0.05) is 65.8 Å². The van der Waals surface area contributed by atoms with Crippen molar-refractivity contribution < 1.29 is 65.0 Å². The molecule has 6 heteroatoms. The summed E-state index contributed by atoms with van der Waals surface area (Å²) >= 11 is 4.10. The molecule has 0 bridgehead atoms. The van der Waals surface area contributed by atoms with Crippen molar-refractivity contribution in [1.82, 2.24) is 0 Å². The summed E-state index contributed by atoms with van der Waals surface area (Å²) < 4.78 is 2.68. The number of carboxylic acids is 2. The summed E-state index contributed by atoms with van der Waals surface area (Å²) in [6.07, 6.45) is 0. The van der Waals surface area contributed by atoms with Crippen LogP contribution in [0.2, 0.25) is 0 Å². The first-order chi connectivity index (χ1) is 13.5. The Morgan fingerprint density at radius 2 is 0.767 bits per heavy atom. The van der Waals surface area contributed by atoms with Crippen LogP contribution in [0.5, 0.6) is 0 Å².